The molecule has 0 aliphatic rings. The molecule has 0 aliphatic carbocycles. The molecule has 7 aromatic carbocycles. The monoisotopic (exact) mass is 644 g/mol. The van der Waals surface area contributed by atoms with Crippen LogP contribution in [0.1, 0.15) is 0 Å². The molecule has 208 valence electrons. The summed E-state index contributed by atoms with van der Waals surface area (Å²) < 4.78 is 6.07. The van der Waals surface area contributed by atoms with Crippen LogP contribution in [0.3, 0.4) is 0 Å². The quantitative estimate of drug-likeness (QED) is 0.185. The van der Waals surface area contributed by atoms with E-state index in [0.717, 1.165) is 27.2 Å². The van der Waals surface area contributed by atoms with Gasteiger partial charge in [-0.05, 0) is 83.6 Å². The second kappa shape index (κ2) is 10.1. The van der Waals surface area contributed by atoms with Crippen molar-refractivity contribution < 1.29 is 0 Å². The number of rotatable bonds is 4. The molecular weight excluding hydrogens is 620 g/mol. The number of hydrogen-bond acceptors (Lipinski definition) is 2. The number of anilines is 3. The largest absolute Gasteiger partial charge is 0.310 e. The lowest BCUT2D eigenvalue weighted by atomic mass is 10.1. The summed E-state index contributed by atoms with van der Waals surface area (Å²) in [6.07, 6.45) is 0. The molecule has 0 aliphatic heterocycles. The van der Waals surface area contributed by atoms with Crippen LogP contribution in [0.4, 0.5) is 17.1 Å². The number of aromatic nitrogens is 1. The van der Waals surface area contributed by atoms with Crippen molar-refractivity contribution in [3.05, 3.63) is 156 Å². The van der Waals surface area contributed by atoms with E-state index >= 15 is 0 Å². The number of para-hydroxylation sites is 1. The van der Waals surface area contributed by atoms with Crippen LogP contribution in [0.2, 0.25) is 0 Å². The highest BCUT2D eigenvalue weighted by atomic mass is 79.9. The van der Waals surface area contributed by atoms with Gasteiger partial charge in [0.15, 0.2) is 0 Å². The number of benzene rings is 7. The number of nitrogens with zero attached hydrogens (tertiary/aromatic N) is 2. The zero-order valence-electron chi connectivity index (χ0n) is 23.6. The molecule has 0 radical (unpaired) electrons. The summed E-state index contributed by atoms with van der Waals surface area (Å²) in [4.78, 5) is 2.40. The molecule has 0 unspecified atom stereocenters. The summed E-state index contributed by atoms with van der Waals surface area (Å²) in [5.41, 5.74) is 6.91. The Bertz CT molecular complexity index is 2530. The first-order chi connectivity index (χ1) is 21.7. The molecule has 0 saturated carbocycles. The Labute approximate surface area is 267 Å². The van der Waals surface area contributed by atoms with Crippen LogP contribution in [-0.2, 0) is 0 Å². The second-order valence-corrected chi connectivity index (χ2v) is 13.2. The van der Waals surface area contributed by atoms with Crippen molar-refractivity contribution in [3.63, 3.8) is 0 Å². The van der Waals surface area contributed by atoms with Gasteiger partial charge in [-0.15, -0.1) is 11.3 Å². The normalized spacial score (nSPS) is 11.8. The summed E-state index contributed by atoms with van der Waals surface area (Å²) >= 11 is 5.58. The molecule has 4 heteroatoms. The molecule has 9 rings (SSSR count). The van der Waals surface area contributed by atoms with Gasteiger partial charge in [0.1, 0.15) is 0 Å². The van der Waals surface area contributed by atoms with Crippen LogP contribution in [0.15, 0.2) is 156 Å². The smallest absolute Gasteiger partial charge is 0.0561 e. The van der Waals surface area contributed by atoms with Gasteiger partial charge < -0.3 is 9.47 Å². The Morgan fingerprint density at radius 2 is 1.14 bits per heavy atom. The molecular formula is C40H25BrN2S. The Kier molecular flexibility index (Phi) is 5.87. The van der Waals surface area contributed by atoms with E-state index in [1.807, 2.05) is 11.3 Å². The molecule has 0 saturated heterocycles. The number of halogens is 1. The third-order valence-electron chi connectivity index (χ3n) is 8.60. The molecule has 2 aromatic heterocycles. The van der Waals surface area contributed by atoms with Crippen LogP contribution < -0.4 is 4.90 Å². The predicted octanol–water partition coefficient (Wildman–Crippen LogP) is 12.5. The van der Waals surface area contributed by atoms with Gasteiger partial charge in [-0.25, -0.2) is 0 Å². The number of hydrogen-bond donors (Lipinski definition) is 0. The first-order valence-corrected chi connectivity index (χ1v) is 16.3. The number of fused-ring (bicyclic) bond motifs is 7. The average Bonchev–Trinajstić information content (AvgIpc) is 3.60. The van der Waals surface area contributed by atoms with Crippen LogP contribution in [0.5, 0.6) is 0 Å². The first-order valence-electron chi connectivity index (χ1n) is 14.7. The fraction of sp³-hybridized carbons (Fsp3) is 0. The molecule has 0 N–H and O–H groups in total. The fourth-order valence-corrected chi connectivity index (χ4v) is 8.09. The minimum absolute atomic E-state index is 1.08. The van der Waals surface area contributed by atoms with Crippen molar-refractivity contribution in [2.45, 2.75) is 0 Å². The van der Waals surface area contributed by atoms with Crippen molar-refractivity contribution in [1.82, 2.24) is 4.57 Å². The predicted molar refractivity (Wildman–Crippen MR) is 194 cm³/mol. The SMILES string of the molecule is Brc1ccc2c(c1)c1ccc(N(c3ccc4ccccc4c3)c3ccc4c(c3)sc3ccccc34)cc1n2-c1ccccc1. The van der Waals surface area contributed by atoms with Crippen molar-refractivity contribution in [3.8, 4) is 5.69 Å². The van der Waals surface area contributed by atoms with E-state index in [4.69, 9.17) is 0 Å². The van der Waals surface area contributed by atoms with E-state index in [2.05, 4.69) is 177 Å². The molecule has 0 atom stereocenters. The fourth-order valence-electron chi connectivity index (χ4n) is 6.59. The van der Waals surface area contributed by atoms with Crippen LogP contribution in [0.25, 0.3) is 58.4 Å². The van der Waals surface area contributed by atoms with E-state index in [0.29, 0.717) is 0 Å². The van der Waals surface area contributed by atoms with Gasteiger partial charge in [-0.1, -0.05) is 94.8 Å². The Balaban J connectivity index is 1.32. The van der Waals surface area contributed by atoms with E-state index in [-0.39, 0.29) is 0 Å². The molecule has 2 nitrogen and oxygen atoms in total. The zero-order valence-corrected chi connectivity index (χ0v) is 26.0. The topological polar surface area (TPSA) is 8.17 Å². The minimum atomic E-state index is 1.08. The maximum atomic E-state index is 3.72. The molecule has 0 spiro atoms. The summed E-state index contributed by atoms with van der Waals surface area (Å²) in [7, 11) is 0. The van der Waals surface area contributed by atoms with Gasteiger partial charge in [0.25, 0.3) is 0 Å². The Morgan fingerprint density at radius 1 is 0.455 bits per heavy atom. The first kappa shape index (κ1) is 25.6. The lowest BCUT2D eigenvalue weighted by Gasteiger charge is -2.26. The summed E-state index contributed by atoms with van der Waals surface area (Å²) in [6, 6.07) is 55.1. The molecule has 0 bridgehead atoms. The van der Waals surface area contributed by atoms with E-state index in [9.17, 15) is 0 Å². The highest BCUT2D eigenvalue weighted by Gasteiger charge is 2.19. The van der Waals surface area contributed by atoms with Gasteiger partial charge >= 0.3 is 0 Å². The lowest BCUT2D eigenvalue weighted by Crippen LogP contribution is -2.10. The molecule has 2 heterocycles. The van der Waals surface area contributed by atoms with Gasteiger partial charge in [0, 0.05) is 58.2 Å². The maximum absolute atomic E-state index is 3.72. The van der Waals surface area contributed by atoms with Crippen molar-refractivity contribution in [2.75, 3.05) is 4.90 Å². The summed E-state index contributed by atoms with van der Waals surface area (Å²) in [6.45, 7) is 0. The van der Waals surface area contributed by atoms with Crippen molar-refractivity contribution in [2.24, 2.45) is 0 Å². The second-order valence-electron chi connectivity index (χ2n) is 11.2. The van der Waals surface area contributed by atoms with E-state index in [1.54, 1.807) is 0 Å². The molecule has 9 aromatic rings. The van der Waals surface area contributed by atoms with Crippen LogP contribution >= 0.6 is 27.3 Å². The zero-order chi connectivity index (χ0) is 29.2. The third kappa shape index (κ3) is 4.06. The van der Waals surface area contributed by atoms with Crippen molar-refractivity contribution in [1.29, 1.82) is 0 Å². The van der Waals surface area contributed by atoms with Gasteiger partial charge in [0.2, 0.25) is 0 Å². The molecule has 0 fully saturated rings. The molecule has 0 amide bonds. The standard InChI is InChI=1S/C40H25BrN2S/c41-28-15-21-37-36(23-28)33-19-17-31(24-38(33)43(37)29-10-2-1-3-11-29)42(30-16-14-26-8-4-5-9-27(26)22-30)32-18-20-35-34-12-6-7-13-39(34)44-40(35)25-32/h1-25H. The Hall–Kier alpha value is -4.90. The van der Waals surface area contributed by atoms with Gasteiger partial charge in [-0.3, -0.25) is 0 Å². The van der Waals surface area contributed by atoms with E-state index in [1.165, 1.54) is 52.8 Å². The molecule has 44 heavy (non-hydrogen) atoms. The summed E-state index contributed by atoms with van der Waals surface area (Å²) in [5, 5.41) is 7.54. The van der Waals surface area contributed by atoms with Gasteiger partial charge in [0.05, 0.1) is 11.0 Å². The van der Waals surface area contributed by atoms with Crippen LogP contribution in [-0.4, -0.2) is 4.57 Å². The highest BCUT2D eigenvalue weighted by Crippen LogP contribution is 2.43. The highest BCUT2D eigenvalue weighted by molar-refractivity contribution is 9.10. The number of thiophene rings is 1. The minimum Gasteiger partial charge on any atom is -0.310 e. The summed E-state index contributed by atoms with van der Waals surface area (Å²) in [5.74, 6) is 0. The van der Waals surface area contributed by atoms with Gasteiger partial charge in [-0.2, -0.15) is 0 Å². The van der Waals surface area contributed by atoms with Crippen LogP contribution in [0, 0.1) is 0 Å². The van der Waals surface area contributed by atoms with Crippen molar-refractivity contribution >= 4 is 97.1 Å². The average molecular weight is 646 g/mol. The lowest BCUT2D eigenvalue weighted by molar-refractivity contribution is 1.18. The third-order valence-corrected chi connectivity index (χ3v) is 10.2. The maximum Gasteiger partial charge on any atom is 0.0561 e. The van der Waals surface area contributed by atoms with E-state index < -0.39 is 0 Å². The Morgan fingerprint density at radius 3 is 2.02 bits per heavy atom.